The number of rotatable bonds is 5. The Labute approximate surface area is 106 Å². The van der Waals surface area contributed by atoms with Gasteiger partial charge in [-0.1, -0.05) is 33.6 Å². The molecule has 1 N–H and O–H groups in total. The van der Waals surface area contributed by atoms with E-state index in [2.05, 4.69) is 20.8 Å². The van der Waals surface area contributed by atoms with E-state index in [9.17, 15) is 8.42 Å². The topological polar surface area (TPSA) is 54.4 Å². The van der Waals surface area contributed by atoms with Crippen LogP contribution in [0.2, 0.25) is 0 Å². The highest BCUT2D eigenvalue weighted by Crippen LogP contribution is 2.43. The van der Waals surface area contributed by atoms with E-state index in [-0.39, 0.29) is 5.75 Å². The van der Waals surface area contributed by atoms with E-state index in [4.69, 9.17) is 4.55 Å². The molecule has 0 heterocycles. The van der Waals surface area contributed by atoms with Crippen LogP contribution in [0.25, 0.3) is 0 Å². The van der Waals surface area contributed by atoms with Crippen LogP contribution in [-0.4, -0.2) is 18.7 Å². The van der Waals surface area contributed by atoms with Gasteiger partial charge in [0.05, 0.1) is 5.75 Å². The van der Waals surface area contributed by atoms with Gasteiger partial charge in [-0.05, 0) is 42.9 Å². The first-order valence-electron chi connectivity index (χ1n) is 6.63. The minimum absolute atomic E-state index is 0.0847. The van der Waals surface area contributed by atoms with Crippen molar-refractivity contribution in [2.24, 2.45) is 17.3 Å². The highest BCUT2D eigenvalue weighted by molar-refractivity contribution is 7.85. The van der Waals surface area contributed by atoms with Gasteiger partial charge < -0.3 is 0 Å². The predicted octanol–water partition coefficient (Wildman–Crippen LogP) is 3.51. The van der Waals surface area contributed by atoms with Gasteiger partial charge in [0.2, 0.25) is 0 Å². The summed E-state index contributed by atoms with van der Waals surface area (Å²) in [6.07, 6.45) is 6.42. The maximum atomic E-state index is 10.6. The highest BCUT2D eigenvalue weighted by Gasteiger charge is 2.31. The maximum Gasteiger partial charge on any atom is 0.264 e. The molecular formula is C13H26O3S. The Hall–Kier alpha value is -0.0900. The van der Waals surface area contributed by atoms with Crippen molar-refractivity contribution in [1.29, 1.82) is 0 Å². The van der Waals surface area contributed by atoms with Crippen LogP contribution in [0, 0.1) is 17.3 Å². The van der Waals surface area contributed by atoms with Crippen molar-refractivity contribution in [3.8, 4) is 0 Å². The van der Waals surface area contributed by atoms with Gasteiger partial charge in [-0.2, -0.15) is 8.42 Å². The summed E-state index contributed by atoms with van der Waals surface area (Å²) >= 11 is 0. The van der Waals surface area contributed by atoms with Crippen LogP contribution >= 0.6 is 0 Å². The molecule has 3 nitrogen and oxygen atoms in total. The van der Waals surface area contributed by atoms with Crippen molar-refractivity contribution in [1.82, 2.24) is 0 Å². The SMILES string of the molecule is CC1CC(CCCCS(=O)(=O)O)CC(C)(C)C1. The van der Waals surface area contributed by atoms with Crippen LogP contribution in [0.5, 0.6) is 0 Å². The lowest BCUT2D eigenvalue weighted by Crippen LogP contribution is -2.27. The Morgan fingerprint density at radius 3 is 2.41 bits per heavy atom. The molecule has 1 aliphatic carbocycles. The Morgan fingerprint density at radius 2 is 1.88 bits per heavy atom. The highest BCUT2D eigenvalue weighted by atomic mass is 32.2. The zero-order chi connectivity index (χ0) is 13.1. The average molecular weight is 262 g/mol. The summed E-state index contributed by atoms with van der Waals surface area (Å²) in [7, 11) is -3.76. The second-order valence-electron chi connectivity index (χ2n) is 6.56. The molecule has 1 saturated carbocycles. The molecule has 2 atom stereocenters. The summed E-state index contributed by atoms with van der Waals surface area (Å²) < 4.78 is 29.8. The van der Waals surface area contributed by atoms with Gasteiger partial charge >= 0.3 is 0 Å². The number of hydrogen-bond donors (Lipinski definition) is 1. The van der Waals surface area contributed by atoms with Crippen LogP contribution in [0.15, 0.2) is 0 Å². The van der Waals surface area contributed by atoms with Crippen molar-refractivity contribution in [3.63, 3.8) is 0 Å². The van der Waals surface area contributed by atoms with Gasteiger partial charge in [-0.25, -0.2) is 0 Å². The van der Waals surface area contributed by atoms with E-state index in [0.29, 0.717) is 11.8 Å². The molecule has 0 radical (unpaired) electrons. The van der Waals surface area contributed by atoms with E-state index in [0.717, 1.165) is 24.7 Å². The summed E-state index contributed by atoms with van der Waals surface area (Å²) in [5.41, 5.74) is 0.436. The molecule has 1 fully saturated rings. The molecule has 4 heteroatoms. The zero-order valence-electron chi connectivity index (χ0n) is 11.3. The van der Waals surface area contributed by atoms with Gasteiger partial charge in [0.15, 0.2) is 0 Å². The van der Waals surface area contributed by atoms with Crippen LogP contribution in [0.1, 0.15) is 59.3 Å². The molecule has 0 spiro atoms. The van der Waals surface area contributed by atoms with Crippen molar-refractivity contribution >= 4 is 10.1 Å². The third-order valence-electron chi connectivity index (χ3n) is 3.74. The second kappa shape index (κ2) is 5.70. The molecular weight excluding hydrogens is 236 g/mol. The van der Waals surface area contributed by atoms with E-state index >= 15 is 0 Å². The van der Waals surface area contributed by atoms with Gasteiger partial charge in [-0.15, -0.1) is 0 Å². The third kappa shape index (κ3) is 6.41. The lowest BCUT2D eigenvalue weighted by atomic mass is 9.67. The molecule has 1 aliphatic rings. The van der Waals surface area contributed by atoms with Crippen LogP contribution < -0.4 is 0 Å². The molecule has 0 bridgehead atoms. The minimum Gasteiger partial charge on any atom is -0.286 e. The van der Waals surface area contributed by atoms with Gasteiger partial charge in [0.1, 0.15) is 0 Å². The minimum atomic E-state index is -3.76. The molecule has 0 saturated heterocycles. The fraction of sp³-hybridized carbons (Fsp3) is 1.00. The van der Waals surface area contributed by atoms with E-state index < -0.39 is 10.1 Å². The zero-order valence-corrected chi connectivity index (χ0v) is 12.1. The van der Waals surface area contributed by atoms with Gasteiger partial charge in [0.25, 0.3) is 10.1 Å². The van der Waals surface area contributed by atoms with Gasteiger partial charge in [-0.3, -0.25) is 4.55 Å². The number of unbranched alkanes of at least 4 members (excludes halogenated alkanes) is 1. The van der Waals surface area contributed by atoms with Gasteiger partial charge in [0, 0.05) is 0 Å². The molecule has 1 rings (SSSR count). The molecule has 0 aliphatic heterocycles. The molecule has 102 valence electrons. The lowest BCUT2D eigenvalue weighted by Gasteiger charge is -2.39. The molecule has 2 unspecified atom stereocenters. The molecule has 0 aromatic rings. The first kappa shape index (κ1) is 15.0. The largest absolute Gasteiger partial charge is 0.286 e. The molecule has 0 aromatic heterocycles. The van der Waals surface area contributed by atoms with E-state index in [1.807, 2.05) is 0 Å². The molecule has 0 aromatic carbocycles. The fourth-order valence-corrected chi connectivity index (χ4v) is 4.05. The van der Waals surface area contributed by atoms with Crippen molar-refractivity contribution < 1.29 is 13.0 Å². The van der Waals surface area contributed by atoms with Crippen molar-refractivity contribution in [2.75, 3.05) is 5.75 Å². The van der Waals surface area contributed by atoms with Crippen LogP contribution in [0.3, 0.4) is 0 Å². The summed E-state index contributed by atoms with van der Waals surface area (Å²) in [6, 6.07) is 0. The van der Waals surface area contributed by atoms with Crippen LogP contribution in [0.4, 0.5) is 0 Å². The van der Waals surface area contributed by atoms with Crippen LogP contribution in [-0.2, 0) is 10.1 Å². The summed E-state index contributed by atoms with van der Waals surface area (Å²) in [5.74, 6) is 1.43. The third-order valence-corrected chi connectivity index (χ3v) is 4.55. The summed E-state index contributed by atoms with van der Waals surface area (Å²) in [6.45, 7) is 6.97. The normalized spacial score (nSPS) is 29.2. The Morgan fingerprint density at radius 1 is 1.24 bits per heavy atom. The van der Waals surface area contributed by atoms with Crippen molar-refractivity contribution in [3.05, 3.63) is 0 Å². The average Bonchev–Trinajstić information content (AvgIpc) is 2.07. The van der Waals surface area contributed by atoms with E-state index in [1.165, 1.54) is 19.3 Å². The first-order valence-corrected chi connectivity index (χ1v) is 8.24. The summed E-state index contributed by atoms with van der Waals surface area (Å²) in [4.78, 5) is 0. The Kier molecular flexibility index (Phi) is 5.02. The second-order valence-corrected chi connectivity index (χ2v) is 8.13. The predicted molar refractivity (Wildman–Crippen MR) is 70.6 cm³/mol. The maximum absolute atomic E-state index is 10.6. The quantitative estimate of drug-likeness (QED) is 0.609. The fourth-order valence-electron chi connectivity index (χ4n) is 3.48. The Balaban J connectivity index is 2.27. The smallest absolute Gasteiger partial charge is 0.264 e. The standard InChI is InChI=1S/C13H26O3S/c1-11-8-12(10-13(2,3)9-11)6-4-5-7-17(14,15)16/h11-12H,4-10H2,1-3H3,(H,14,15,16). The van der Waals surface area contributed by atoms with Crippen molar-refractivity contribution in [2.45, 2.75) is 59.3 Å². The molecule has 17 heavy (non-hydrogen) atoms. The monoisotopic (exact) mass is 262 g/mol. The first-order chi connectivity index (χ1) is 7.68. The Bertz CT molecular complexity index is 333. The number of hydrogen-bond acceptors (Lipinski definition) is 2. The van der Waals surface area contributed by atoms with E-state index in [1.54, 1.807) is 0 Å². The summed E-state index contributed by atoms with van der Waals surface area (Å²) in [5, 5.41) is 0. The lowest BCUT2D eigenvalue weighted by molar-refractivity contribution is 0.126. The molecule has 0 amide bonds.